The van der Waals surface area contributed by atoms with Crippen molar-refractivity contribution in [3.05, 3.63) is 36.8 Å². The van der Waals surface area contributed by atoms with E-state index >= 15 is 0 Å². The molecule has 0 spiro atoms. The van der Waals surface area contributed by atoms with Gasteiger partial charge in [-0.05, 0) is 18.2 Å². The van der Waals surface area contributed by atoms with Gasteiger partial charge >= 0.3 is 0 Å². The normalized spacial score (nSPS) is 10.2. The van der Waals surface area contributed by atoms with E-state index < -0.39 is 0 Å². The zero-order valence-corrected chi connectivity index (χ0v) is 9.76. The minimum Gasteiger partial charge on any atom is -0.323 e. The van der Waals surface area contributed by atoms with Crippen LogP contribution >= 0.6 is 11.6 Å². The predicted octanol–water partition coefficient (Wildman–Crippen LogP) is 1.83. The Balaban J connectivity index is 2.25. The number of alkyl halides is 1. The summed E-state index contributed by atoms with van der Waals surface area (Å²) < 4.78 is 1.59. The van der Waals surface area contributed by atoms with Crippen molar-refractivity contribution in [1.82, 2.24) is 14.8 Å². The number of amides is 1. The lowest BCUT2D eigenvalue weighted by Crippen LogP contribution is -2.14. The summed E-state index contributed by atoms with van der Waals surface area (Å²) in [5.41, 5.74) is 0.617. The molecule has 2 rings (SSSR count). The Morgan fingerprint density at radius 3 is 3.00 bits per heavy atom. The van der Waals surface area contributed by atoms with E-state index in [9.17, 15) is 4.79 Å². The lowest BCUT2D eigenvalue weighted by atomic mass is 10.3. The number of halogens is 1. The number of rotatable bonds is 4. The zero-order chi connectivity index (χ0) is 12.1. The summed E-state index contributed by atoms with van der Waals surface area (Å²) in [5, 5.41) is 6.83. The van der Waals surface area contributed by atoms with Crippen molar-refractivity contribution in [2.24, 2.45) is 0 Å². The van der Waals surface area contributed by atoms with Gasteiger partial charge in [0.25, 0.3) is 0 Å². The Kier molecular flexibility index (Phi) is 3.72. The van der Waals surface area contributed by atoms with Crippen LogP contribution in [0.25, 0.3) is 5.82 Å². The van der Waals surface area contributed by atoms with Gasteiger partial charge in [0, 0.05) is 30.9 Å². The predicted molar refractivity (Wildman–Crippen MR) is 65.3 cm³/mol. The Hall–Kier alpha value is -1.88. The van der Waals surface area contributed by atoms with Crippen LogP contribution in [0.5, 0.6) is 0 Å². The number of hydrogen-bond donors (Lipinski definition) is 1. The summed E-state index contributed by atoms with van der Waals surface area (Å²) in [6, 6.07) is 5.32. The van der Waals surface area contributed by atoms with Crippen LogP contribution in [-0.2, 0) is 4.79 Å². The summed E-state index contributed by atoms with van der Waals surface area (Å²) in [4.78, 5) is 15.7. The molecule has 0 atom stereocenters. The fourth-order valence-electron chi connectivity index (χ4n) is 1.37. The van der Waals surface area contributed by atoms with Crippen LogP contribution in [0.2, 0.25) is 0 Å². The lowest BCUT2D eigenvalue weighted by molar-refractivity contribution is -0.115. The number of carbonyl (C=O) groups is 1. The van der Waals surface area contributed by atoms with E-state index in [4.69, 9.17) is 11.6 Å². The highest BCUT2D eigenvalue weighted by Gasteiger charge is 2.08. The summed E-state index contributed by atoms with van der Waals surface area (Å²) >= 11 is 5.51. The second-order valence-corrected chi connectivity index (χ2v) is 3.69. The summed E-state index contributed by atoms with van der Waals surface area (Å²) in [7, 11) is 0. The number of aromatic nitrogens is 3. The van der Waals surface area contributed by atoms with E-state index in [2.05, 4.69) is 15.4 Å². The van der Waals surface area contributed by atoms with E-state index in [1.165, 1.54) is 0 Å². The molecule has 6 heteroatoms. The molecule has 0 aromatic carbocycles. The molecule has 0 saturated carbocycles. The van der Waals surface area contributed by atoms with Crippen LogP contribution in [0.3, 0.4) is 0 Å². The molecule has 0 radical (unpaired) electrons. The Morgan fingerprint density at radius 1 is 1.41 bits per heavy atom. The van der Waals surface area contributed by atoms with E-state index in [1.54, 1.807) is 41.5 Å². The van der Waals surface area contributed by atoms with E-state index in [-0.39, 0.29) is 12.3 Å². The first kappa shape index (κ1) is 11.6. The highest BCUT2D eigenvalue weighted by Crippen LogP contribution is 2.16. The number of nitrogens with zero attached hydrogens (tertiary/aromatic N) is 3. The van der Waals surface area contributed by atoms with Gasteiger partial charge in [0.1, 0.15) is 0 Å². The number of nitrogens with one attached hydrogen (secondary N) is 1. The van der Waals surface area contributed by atoms with Gasteiger partial charge in [-0.2, -0.15) is 5.10 Å². The van der Waals surface area contributed by atoms with E-state index in [0.29, 0.717) is 17.4 Å². The largest absolute Gasteiger partial charge is 0.323 e. The standard InChI is InChI=1S/C11H11ClN4O/c12-5-4-10(17)15-9-3-1-6-13-11(9)16-8-2-7-14-16/h1-3,6-8H,4-5H2,(H,15,17). The summed E-state index contributed by atoms with van der Waals surface area (Å²) in [5.74, 6) is 0.741. The van der Waals surface area contributed by atoms with Crippen LogP contribution in [0, 0.1) is 0 Å². The molecular weight excluding hydrogens is 240 g/mol. The maximum atomic E-state index is 11.5. The molecule has 0 saturated heterocycles. The Labute approximate surface area is 103 Å². The minimum atomic E-state index is -0.138. The van der Waals surface area contributed by atoms with E-state index in [1.807, 2.05) is 0 Å². The molecule has 0 aliphatic heterocycles. The van der Waals surface area contributed by atoms with Crippen LogP contribution < -0.4 is 5.32 Å². The number of carbonyl (C=O) groups excluding carboxylic acids is 1. The van der Waals surface area contributed by atoms with Crippen molar-refractivity contribution in [3.63, 3.8) is 0 Å². The first-order valence-electron chi connectivity index (χ1n) is 5.12. The van der Waals surface area contributed by atoms with Gasteiger partial charge in [0.2, 0.25) is 5.91 Å². The van der Waals surface area contributed by atoms with Crippen molar-refractivity contribution in [2.75, 3.05) is 11.2 Å². The van der Waals surface area contributed by atoms with Gasteiger partial charge in [-0.25, -0.2) is 9.67 Å². The number of pyridine rings is 1. The van der Waals surface area contributed by atoms with Crippen molar-refractivity contribution < 1.29 is 4.79 Å². The first-order valence-corrected chi connectivity index (χ1v) is 5.65. The van der Waals surface area contributed by atoms with Crippen LogP contribution in [0.1, 0.15) is 6.42 Å². The van der Waals surface area contributed by atoms with Gasteiger partial charge in [-0.3, -0.25) is 4.79 Å². The molecule has 88 valence electrons. The van der Waals surface area contributed by atoms with Crippen molar-refractivity contribution in [2.45, 2.75) is 6.42 Å². The highest BCUT2D eigenvalue weighted by molar-refractivity contribution is 6.19. The minimum absolute atomic E-state index is 0.138. The average Bonchev–Trinajstić information content (AvgIpc) is 2.83. The zero-order valence-electron chi connectivity index (χ0n) is 9.01. The van der Waals surface area contributed by atoms with Crippen LogP contribution in [0.15, 0.2) is 36.8 Å². The van der Waals surface area contributed by atoms with Gasteiger partial charge < -0.3 is 5.32 Å². The van der Waals surface area contributed by atoms with Crippen molar-refractivity contribution in [1.29, 1.82) is 0 Å². The molecule has 0 unspecified atom stereocenters. The fraction of sp³-hybridized carbons (Fsp3) is 0.182. The van der Waals surface area contributed by atoms with Gasteiger partial charge in [0.15, 0.2) is 5.82 Å². The van der Waals surface area contributed by atoms with Gasteiger partial charge in [-0.15, -0.1) is 11.6 Å². The van der Waals surface area contributed by atoms with Gasteiger partial charge in [-0.1, -0.05) is 0 Å². The highest BCUT2D eigenvalue weighted by atomic mass is 35.5. The summed E-state index contributed by atoms with van der Waals surface area (Å²) in [6.07, 6.45) is 5.34. The van der Waals surface area contributed by atoms with Crippen molar-refractivity contribution in [3.8, 4) is 5.82 Å². The molecule has 0 aliphatic carbocycles. The molecule has 0 fully saturated rings. The molecule has 1 amide bonds. The molecule has 2 aromatic rings. The molecule has 0 aliphatic rings. The molecule has 5 nitrogen and oxygen atoms in total. The van der Waals surface area contributed by atoms with Crippen LogP contribution in [0.4, 0.5) is 5.69 Å². The molecule has 17 heavy (non-hydrogen) atoms. The molecule has 0 bridgehead atoms. The maximum absolute atomic E-state index is 11.5. The van der Waals surface area contributed by atoms with Crippen LogP contribution in [-0.4, -0.2) is 26.6 Å². The number of hydrogen-bond acceptors (Lipinski definition) is 3. The quantitative estimate of drug-likeness (QED) is 0.843. The Bertz CT molecular complexity index is 498. The third kappa shape index (κ3) is 2.82. The van der Waals surface area contributed by atoms with E-state index in [0.717, 1.165) is 0 Å². The van der Waals surface area contributed by atoms with Crippen molar-refractivity contribution >= 4 is 23.2 Å². The SMILES string of the molecule is O=C(CCCl)Nc1cccnc1-n1cccn1. The maximum Gasteiger partial charge on any atom is 0.225 e. The second kappa shape index (κ2) is 5.45. The lowest BCUT2D eigenvalue weighted by Gasteiger charge is -2.09. The monoisotopic (exact) mass is 250 g/mol. The average molecular weight is 251 g/mol. The second-order valence-electron chi connectivity index (χ2n) is 3.31. The molecular formula is C11H11ClN4O. The summed E-state index contributed by atoms with van der Waals surface area (Å²) in [6.45, 7) is 0. The topological polar surface area (TPSA) is 59.8 Å². The third-order valence-corrected chi connectivity index (χ3v) is 2.29. The first-order chi connectivity index (χ1) is 8.31. The molecule has 2 heterocycles. The molecule has 1 N–H and O–H groups in total. The Morgan fingerprint density at radius 2 is 2.29 bits per heavy atom. The third-order valence-electron chi connectivity index (χ3n) is 2.10. The van der Waals surface area contributed by atoms with Gasteiger partial charge in [0.05, 0.1) is 5.69 Å². The molecule has 2 aromatic heterocycles. The smallest absolute Gasteiger partial charge is 0.225 e. The number of anilines is 1. The fourth-order valence-corrected chi connectivity index (χ4v) is 1.54.